The Balaban J connectivity index is 1.46. The predicted octanol–water partition coefficient (Wildman–Crippen LogP) is 2.03. The Morgan fingerprint density at radius 1 is 1.17 bits per heavy atom. The van der Waals surface area contributed by atoms with E-state index in [-0.39, 0.29) is 5.97 Å². The van der Waals surface area contributed by atoms with Gasteiger partial charge in [0.2, 0.25) is 5.01 Å². The van der Waals surface area contributed by atoms with E-state index in [9.17, 15) is 4.79 Å². The highest BCUT2D eigenvalue weighted by molar-refractivity contribution is 7.11. The van der Waals surface area contributed by atoms with E-state index in [0.717, 1.165) is 50.7 Å². The average Bonchev–Trinajstić information content (AvgIpc) is 3.06. The minimum Gasteiger partial charge on any atom is -0.461 e. The van der Waals surface area contributed by atoms with Gasteiger partial charge >= 0.3 is 5.97 Å². The van der Waals surface area contributed by atoms with Crippen molar-refractivity contribution in [3.8, 4) is 0 Å². The Bertz CT molecular complexity index is 654. The number of rotatable bonds is 6. The molecule has 1 saturated heterocycles. The van der Waals surface area contributed by atoms with Crippen LogP contribution < -0.4 is 0 Å². The number of nitrogens with zero attached hydrogens (tertiary/aromatic N) is 4. The van der Waals surface area contributed by atoms with Crippen LogP contribution in [0.4, 0.5) is 0 Å². The van der Waals surface area contributed by atoms with Gasteiger partial charge in [-0.25, -0.2) is 9.78 Å². The van der Waals surface area contributed by atoms with E-state index in [4.69, 9.17) is 4.74 Å². The van der Waals surface area contributed by atoms with Crippen molar-refractivity contribution in [1.82, 2.24) is 19.8 Å². The van der Waals surface area contributed by atoms with Crippen molar-refractivity contribution in [2.24, 2.45) is 0 Å². The molecular formula is C17H22N4O2S. The largest absolute Gasteiger partial charge is 0.461 e. The van der Waals surface area contributed by atoms with Crippen molar-refractivity contribution in [3.63, 3.8) is 0 Å². The zero-order chi connectivity index (χ0) is 16.8. The summed E-state index contributed by atoms with van der Waals surface area (Å²) in [6.45, 7) is 7.91. The second-order valence-electron chi connectivity index (χ2n) is 5.74. The SMILES string of the molecule is CCOC(=O)c1nc(CN2CCN(Cc3ccccn3)CC2)cs1. The Morgan fingerprint density at radius 3 is 2.50 bits per heavy atom. The molecule has 1 aliphatic heterocycles. The monoisotopic (exact) mass is 346 g/mol. The fourth-order valence-electron chi connectivity index (χ4n) is 2.72. The van der Waals surface area contributed by atoms with Gasteiger partial charge in [-0.2, -0.15) is 0 Å². The summed E-state index contributed by atoms with van der Waals surface area (Å²) in [7, 11) is 0. The number of hydrogen-bond acceptors (Lipinski definition) is 7. The first-order chi connectivity index (χ1) is 11.7. The molecule has 2 aromatic heterocycles. The van der Waals surface area contributed by atoms with Gasteiger partial charge < -0.3 is 4.74 Å². The van der Waals surface area contributed by atoms with Crippen LogP contribution in [0, 0.1) is 0 Å². The van der Waals surface area contributed by atoms with Crippen LogP contribution >= 0.6 is 11.3 Å². The minimum absolute atomic E-state index is 0.325. The predicted molar refractivity (Wildman–Crippen MR) is 92.9 cm³/mol. The molecule has 3 rings (SSSR count). The second kappa shape index (κ2) is 8.32. The molecule has 1 aliphatic rings. The lowest BCUT2D eigenvalue weighted by Gasteiger charge is -2.34. The minimum atomic E-state index is -0.325. The molecule has 3 heterocycles. The second-order valence-corrected chi connectivity index (χ2v) is 6.60. The smallest absolute Gasteiger partial charge is 0.367 e. The van der Waals surface area contributed by atoms with E-state index >= 15 is 0 Å². The van der Waals surface area contributed by atoms with Gasteiger partial charge in [0.05, 0.1) is 18.0 Å². The summed E-state index contributed by atoms with van der Waals surface area (Å²) in [5.74, 6) is -0.325. The lowest BCUT2D eigenvalue weighted by molar-refractivity contribution is 0.0525. The summed E-state index contributed by atoms with van der Waals surface area (Å²) in [5, 5.41) is 2.40. The highest BCUT2D eigenvalue weighted by Gasteiger charge is 2.19. The van der Waals surface area contributed by atoms with Crippen molar-refractivity contribution < 1.29 is 9.53 Å². The van der Waals surface area contributed by atoms with E-state index in [0.29, 0.717) is 11.6 Å². The molecular weight excluding hydrogens is 324 g/mol. The molecule has 0 bridgehead atoms. The molecule has 24 heavy (non-hydrogen) atoms. The highest BCUT2D eigenvalue weighted by atomic mass is 32.1. The Morgan fingerprint density at radius 2 is 1.88 bits per heavy atom. The molecule has 0 radical (unpaired) electrons. The zero-order valence-electron chi connectivity index (χ0n) is 13.9. The highest BCUT2D eigenvalue weighted by Crippen LogP contribution is 2.15. The fourth-order valence-corrected chi connectivity index (χ4v) is 3.42. The van der Waals surface area contributed by atoms with Crippen molar-refractivity contribution in [3.05, 3.63) is 46.2 Å². The number of hydrogen-bond donors (Lipinski definition) is 0. The third-order valence-corrected chi connectivity index (χ3v) is 4.84. The van der Waals surface area contributed by atoms with Gasteiger partial charge in [0, 0.05) is 50.8 Å². The van der Waals surface area contributed by atoms with Gasteiger partial charge in [-0.05, 0) is 19.1 Å². The molecule has 7 heteroatoms. The lowest BCUT2D eigenvalue weighted by Crippen LogP contribution is -2.45. The van der Waals surface area contributed by atoms with Gasteiger partial charge in [0.25, 0.3) is 0 Å². The van der Waals surface area contributed by atoms with Crippen molar-refractivity contribution in [2.75, 3.05) is 32.8 Å². The molecule has 128 valence electrons. The van der Waals surface area contributed by atoms with Gasteiger partial charge in [0.15, 0.2) is 0 Å². The summed E-state index contributed by atoms with van der Waals surface area (Å²) in [6, 6.07) is 6.04. The van der Waals surface area contributed by atoms with E-state index < -0.39 is 0 Å². The molecule has 1 fully saturated rings. The Labute approximate surface area is 146 Å². The maximum Gasteiger partial charge on any atom is 0.367 e. The first-order valence-electron chi connectivity index (χ1n) is 8.20. The van der Waals surface area contributed by atoms with Crippen LogP contribution in [0.25, 0.3) is 0 Å². The third-order valence-electron chi connectivity index (χ3n) is 3.96. The quantitative estimate of drug-likeness (QED) is 0.746. The normalized spacial score (nSPS) is 16.2. The first-order valence-corrected chi connectivity index (χ1v) is 9.08. The van der Waals surface area contributed by atoms with Crippen LogP contribution in [-0.4, -0.2) is 58.5 Å². The molecule has 0 spiro atoms. The van der Waals surface area contributed by atoms with Crippen LogP contribution in [0.15, 0.2) is 29.8 Å². The molecule has 0 N–H and O–H groups in total. The maximum atomic E-state index is 11.7. The molecule has 6 nitrogen and oxygen atoms in total. The van der Waals surface area contributed by atoms with E-state index in [1.54, 1.807) is 6.92 Å². The van der Waals surface area contributed by atoms with Crippen LogP contribution in [-0.2, 0) is 17.8 Å². The number of ether oxygens (including phenoxy) is 1. The maximum absolute atomic E-state index is 11.7. The van der Waals surface area contributed by atoms with E-state index in [1.807, 2.05) is 23.7 Å². The summed E-state index contributed by atoms with van der Waals surface area (Å²) in [5.41, 5.74) is 2.06. The number of pyridine rings is 1. The van der Waals surface area contributed by atoms with Crippen molar-refractivity contribution in [2.45, 2.75) is 20.0 Å². The lowest BCUT2D eigenvalue weighted by atomic mass is 10.2. The third kappa shape index (κ3) is 4.59. The summed E-state index contributed by atoms with van der Waals surface area (Å²) < 4.78 is 4.98. The number of carbonyl (C=O) groups is 1. The molecule has 2 aromatic rings. The Hall–Kier alpha value is -1.83. The summed E-state index contributed by atoms with van der Waals surface area (Å²) in [4.78, 5) is 25.2. The van der Waals surface area contributed by atoms with E-state index in [1.165, 1.54) is 11.3 Å². The summed E-state index contributed by atoms with van der Waals surface area (Å²) >= 11 is 1.36. The molecule has 0 saturated carbocycles. The van der Waals surface area contributed by atoms with Crippen LogP contribution in [0.1, 0.15) is 28.1 Å². The van der Waals surface area contributed by atoms with Crippen molar-refractivity contribution >= 4 is 17.3 Å². The molecule has 0 aliphatic carbocycles. The number of esters is 1. The number of carbonyl (C=O) groups excluding carboxylic acids is 1. The topological polar surface area (TPSA) is 58.6 Å². The molecule has 0 aromatic carbocycles. The van der Waals surface area contributed by atoms with Crippen LogP contribution in [0.5, 0.6) is 0 Å². The zero-order valence-corrected chi connectivity index (χ0v) is 14.7. The molecule has 0 atom stereocenters. The Kier molecular flexibility index (Phi) is 5.90. The van der Waals surface area contributed by atoms with Crippen LogP contribution in [0.2, 0.25) is 0 Å². The fraction of sp³-hybridized carbons (Fsp3) is 0.471. The van der Waals surface area contributed by atoms with Crippen molar-refractivity contribution in [1.29, 1.82) is 0 Å². The molecule has 0 unspecified atom stereocenters. The summed E-state index contributed by atoms with van der Waals surface area (Å²) in [6.07, 6.45) is 1.84. The van der Waals surface area contributed by atoms with Gasteiger partial charge in [-0.15, -0.1) is 11.3 Å². The van der Waals surface area contributed by atoms with Crippen LogP contribution in [0.3, 0.4) is 0 Å². The number of piperazine rings is 1. The average molecular weight is 346 g/mol. The van der Waals surface area contributed by atoms with Gasteiger partial charge in [-0.1, -0.05) is 6.07 Å². The number of aromatic nitrogens is 2. The number of thiazole rings is 1. The van der Waals surface area contributed by atoms with Gasteiger partial charge in [0.1, 0.15) is 0 Å². The van der Waals surface area contributed by atoms with Gasteiger partial charge in [-0.3, -0.25) is 14.8 Å². The standard InChI is InChI=1S/C17H22N4O2S/c1-2-23-17(22)16-19-15(13-24-16)12-21-9-7-20(8-10-21)11-14-5-3-4-6-18-14/h3-6,13H,2,7-12H2,1H3. The molecule has 0 amide bonds. The first kappa shape index (κ1) is 17.0. The van der Waals surface area contributed by atoms with E-state index in [2.05, 4.69) is 25.8 Å².